The summed E-state index contributed by atoms with van der Waals surface area (Å²) in [4.78, 5) is 44.8. The van der Waals surface area contributed by atoms with E-state index in [1.165, 1.54) is 12.0 Å². The van der Waals surface area contributed by atoms with Crippen LogP contribution in [0.25, 0.3) is 11.4 Å². The number of carbonyl (C=O) groups is 3. The molecule has 0 unspecified atom stereocenters. The van der Waals surface area contributed by atoms with Crippen LogP contribution < -0.4 is 10.1 Å². The zero-order valence-electron chi connectivity index (χ0n) is 22.9. The van der Waals surface area contributed by atoms with E-state index < -0.39 is 47.2 Å². The van der Waals surface area contributed by atoms with Gasteiger partial charge in [-0.25, -0.2) is 9.59 Å². The lowest BCUT2D eigenvalue weighted by Crippen LogP contribution is -2.57. The highest BCUT2D eigenvalue weighted by molar-refractivity contribution is 5.91. The molecule has 2 aromatic heterocycles. The number of carbonyl (C=O) groups excluding carboxylic acids is 3. The predicted molar refractivity (Wildman–Crippen MR) is 138 cm³/mol. The maximum atomic E-state index is 13.7. The van der Waals surface area contributed by atoms with Gasteiger partial charge in [0.1, 0.15) is 29.5 Å². The Morgan fingerprint density at radius 3 is 2.41 bits per heavy atom. The van der Waals surface area contributed by atoms with Crippen molar-refractivity contribution < 1.29 is 28.6 Å². The number of nitrogens with one attached hydrogen (secondary N) is 1. The fourth-order valence-electron chi connectivity index (χ4n) is 4.27. The van der Waals surface area contributed by atoms with Crippen LogP contribution in [0.3, 0.4) is 0 Å². The summed E-state index contributed by atoms with van der Waals surface area (Å²) in [6.07, 6.45) is 2.69. The van der Waals surface area contributed by atoms with Crippen LogP contribution in [0.1, 0.15) is 48.0 Å². The van der Waals surface area contributed by atoms with E-state index in [1.807, 2.05) is 56.8 Å². The maximum Gasteiger partial charge on any atom is 0.408 e. The van der Waals surface area contributed by atoms with Crippen LogP contribution in [0, 0.1) is 5.41 Å². The van der Waals surface area contributed by atoms with Crippen molar-refractivity contribution in [2.24, 2.45) is 12.5 Å². The van der Waals surface area contributed by atoms with E-state index >= 15 is 0 Å². The lowest BCUT2D eigenvalue weighted by atomic mass is 9.85. The summed E-state index contributed by atoms with van der Waals surface area (Å²) in [5.74, 6) is -0.365. The molecule has 0 spiro atoms. The van der Waals surface area contributed by atoms with Crippen molar-refractivity contribution in [2.45, 2.75) is 71.8 Å². The number of esters is 1. The van der Waals surface area contributed by atoms with Gasteiger partial charge in [0.25, 0.3) is 0 Å². The van der Waals surface area contributed by atoms with Crippen molar-refractivity contribution in [1.82, 2.24) is 19.8 Å². The molecule has 1 fully saturated rings. The summed E-state index contributed by atoms with van der Waals surface area (Å²) >= 11 is 0. The van der Waals surface area contributed by atoms with E-state index in [2.05, 4.69) is 10.3 Å². The molecule has 0 aromatic carbocycles. The van der Waals surface area contributed by atoms with Crippen LogP contribution in [0.5, 0.6) is 5.75 Å². The summed E-state index contributed by atoms with van der Waals surface area (Å²) in [5.41, 5.74) is 0.305. The first-order valence-electron chi connectivity index (χ1n) is 12.3. The van der Waals surface area contributed by atoms with Gasteiger partial charge in [-0.1, -0.05) is 20.8 Å². The highest BCUT2D eigenvalue weighted by Gasteiger charge is 2.46. The fourth-order valence-corrected chi connectivity index (χ4v) is 4.27. The van der Waals surface area contributed by atoms with Crippen molar-refractivity contribution in [3.63, 3.8) is 0 Å². The van der Waals surface area contributed by atoms with E-state index in [0.717, 1.165) is 11.4 Å². The first kappa shape index (κ1) is 28.0. The highest BCUT2D eigenvalue weighted by atomic mass is 16.6. The van der Waals surface area contributed by atoms with E-state index in [-0.39, 0.29) is 13.0 Å². The first-order valence-corrected chi connectivity index (χ1v) is 12.3. The van der Waals surface area contributed by atoms with Crippen LogP contribution in [-0.4, -0.2) is 69.9 Å². The molecule has 202 valence electrons. The Hall–Kier alpha value is -3.56. The second-order valence-corrected chi connectivity index (χ2v) is 11.3. The van der Waals surface area contributed by atoms with Gasteiger partial charge < -0.3 is 29.0 Å². The topological polar surface area (TPSA) is 112 Å². The third kappa shape index (κ3) is 7.02. The quantitative estimate of drug-likeness (QED) is 0.587. The molecule has 3 atom stereocenters. The standard InChI is InChI=1S/C27H38N4O6/c1-26(2,3)22(29-25(34)37-27(4,5)6)23(32)31-16-18(15-21(31)24(33)35-8)36-17-11-12-28-19(14-17)20-10-9-13-30(20)7/h9-14,18,21-22H,15-16H2,1-8H3,(H,29,34)/t18-,21+,22-/m1/s1. The molecular weight excluding hydrogens is 476 g/mol. The molecular formula is C27H38N4O6. The summed E-state index contributed by atoms with van der Waals surface area (Å²) in [7, 11) is 3.22. The summed E-state index contributed by atoms with van der Waals surface area (Å²) < 4.78 is 18.5. The van der Waals surface area contributed by atoms with Gasteiger partial charge in [0.2, 0.25) is 5.91 Å². The number of pyridine rings is 1. The lowest BCUT2D eigenvalue weighted by molar-refractivity contribution is -0.152. The Morgan fingerprint density at radius 2 is 1.84 bits per heavy atom. The van der Waals surface area contributed by atoms with E-state index in [9.17, 15) is 14.4 Å². The lowest BCUT2D eigenvalue weighted by Gasteiger charge is -2.35. The fraction of sp³-hybridized carbons (Fsp3) is 0.556. The number of alkyl carbamates (subject to hydrolysis) is 1. The first-order chi connectivity index (χ1) is 17.2. The van der Waals surface area contributed by atoms with Gasteiger partial charge in [0, 0.05) is 31.9 Å². The van der Waals surface area contributed by atoms with E-state index in [0.29, 0.717) is 5.75 Å². The van der Waals surface area contributed by atoms with Crippen molar-refractivity contribution >= 4 is 18.0 Å². The number of aromatic nitrogens is 2. The Bertz CT molecular complexity index is 1130. The number of rotatable bonds is 6. The normalized spacial score (nSPS) is 18.8. The molecule has 0 bridgehead atoms. The van der Waals surface area contributed by atoms with Gasteiger partial charge in [-0.2, -0.15) is 0 Å². The van der Waals surface area contributed by atoms with Gasteiger partial charge in [0.15, 0.2) is 0 Å². The molecule has 0 saturated carbocycles. The highest BCUT2D eigenvalue weighted by Crippen LogP contribution is 2.30. The molecule has 10 nitrogen and oxygen atoms in total. The number of amides is 2. The number of hydrogen-bond donors (Lipinski definition) is 1. The van der Waals surface area contributed by atoms with Crippen LogP contribution >= 0.6 is 0 Å². The van der Waals surface area contributed by atoms with Gasteiger partial charge in [0.05, 0.1) is 25.0 Å². The Labute approximate surface area is 218 Å². The van der Waals surface area contributed by atoms with E-state index in [4.69, 9.17) is 14.2 Å². The molecule has 2 aromatic rings. The second kappa shape index (κ2) is 10.8. The molecule has 0 aliphatic carbocycles. The monoisotopic (exact) mass is 514 g/mol. The van der Waals surface area contributed by atoms with Crippen molar-refractivity contribution in [2.75, 3.05) is 13.7 Å². The van der Waals surface area contributed by atoms with Gasteiger partial charge in [-0.05, 0) is 44.4 Å². The van der Waals surface area contributed by atoms with Crippen LogP contribution in [-0.2, 0) is 26.1 Å². The number of hydrogen-bond acceptors (Lipinski definition) is 7. The second-order valence-electron chi connectivity index (χ2n) is 11.3. The number of ether oxygens (including phenoxy) is 3. The SMILES string of the molecule is COC(=O)[C@@H]1C[C@@H](Oc2ccnc(-c3cccn3C)c2)CN1C(=O)[C@@H](NC(=O)OC(C)(C)C)C(C)(C)C. The molecule has 1 saturated heterocycles. The third-order valence-corrected chi connectivity index (χ3v) is 6.03. The van der Waals surface area contributed by atoms with Gasteiger partial charge in [-0.15, -0.1) is 0 Å². The minimum absolute atomic E-state index is 0.156. The third-order valence-electron chi connectivity index (χ3n) is 6.03. The number of likely N-dealkylation sites (tertiary alicyclic amines) is 1. The minimum Gasteiger partial charge on any atom is -0.488 e. The molecule has 1 N–H and O–H groups in total. The number of aryl methyl sites for hydroxylation is 1. The summed E-state index contributed by atoms with van der Waals surface area (Å²) in [6.45, 7) is 10.9. The van der Waals surface area contributed by atoms with Crippen LogP contribution in [0.4, 0.5) is 4.79 Å². The van der Waals surface area contributed by atoms with Gasteiger partial charge in [-0.3, -0.25) is 9.78 Å². The van der Waals surface area contributed by atoms with Gasteiger partial charge >= 0.3 is 12.1 Å². The van der Waals surface area contributed by atoms with E-state index in [1.54, 1.807) is 33.0 Å². The predicted octanol–water partition coefficient (Wildman–Crippen LogP) is 3.55. The molecule has 1 aliphatic rings. The zero-order chi connectivity index (χ0) is 27.5. The minimum atomic E-state index is -0.932. The van der Waals surface area contributed by atoms with Crippen LogP contribution in [0.15, 0.2) is 36.7 Å². The molecule has 3 heterocycles. The molecule has 10 heteroatoms. The molecule has 37 heavy (non-hydrogen) atoms. The maximum absolute atomic E-state index is 13.7. The Morgan fingerprint density at radius 1 is 1.14 bits per heavy atom. The summed E-state index contributed by atoms with van der Waals surface area (Å²) in [6, 6.07) is 5.68. The van der Waals surface area contributed by atoms with Crippen LogP contribution in [0.2, 0.25) is 0 Å². The number of nitrogens with zero attached hydrogens (tertiary/aromatic N) is 3. The zero-order valence-corrected chi connectivity index (χ0v) is 22.9. The summed E-state index contributed by atoms with van der Waals surface area (Å²) in [5, 5.41) is 2.70. The average Bonchev–Trinajstić information content (AvgIpc) is 3.41. The largest absolute Gasteiger partial charge is 0.488 e. The molecule has 3 rings (SSSR count). The smallest absolute Gasteiger partial charge is 0.408 e. The average molecular weight is 515 g/mol. The molecule has 0 radical (unpaired) electrons. The Balaban J connectivity index is 1.81. The van der Waals surface area contributed by atoms with Crippen molar-refractivity contribution in [3.05, 3.63) is 36.7 Å². The Kier molecular flexibility index (Phi) is 8.19. The van der Waals surface area contributed by atoms with Crippen molar-refractivity contribution in [1.29, 1.82) is 0 Å². The molecule has 1 aliphatic heterocycles. The number of methoxy groups -OCH3 is 1. The van der Waals surface area contributed by atoms with Crippen molar-refractivity contribution in [3.8, 4) is 17.1 Å². The molecule has 2 amide bonds.